The van der Waals surface area contributed by atoms with E-state index in [0.29, 0.717) is 32.0 Å². The van der Waals surface area contributed by atoms with Crippen LogP contribution in [-0.4, -0.2) is 52.6 Å². The summed E-state index contributed by atoms with van der Waals surface area (Å²) in [6.45, 7) is 4.13. The van der Waals surface area contributed by atoms with E-state index in [-0.39, 0.29) is 17.5 Å². The van der Waals surface area contributed by atoms with Crippen LogP contribution in [-0.2, 0) is 4.74 Å². The molecule has 0 bridgehead atoms. The topological polar surface area (TPSA) is 120 Å². The molecule has 0 saturated carbocycles. The number of halogens is 1. The number of pyridine rings is 1. The maximum Gasteiger partial charge on any atom is 0.245 e. The predicted octanol–water partition coefficient (Wildman–Crippen LogP) is 4.79. The average Bonchev–Trinajstić information content (AvgIpc) is 2.91. The van der Waals surface area contributed by atoms with Crippen LogP contribution in [0.5, 0.6) is 5.75 Å². The number of ether oxygens (including phenoxy) is 1. The van der Waals surface area contributed by atoms with Crippen molar-refractivity contribution in [1.29, 1.82) is 0 Å². The zero-order valence-electron chi connectivity index (χ0n) is 20.7. The molecule has 2 aromatic heterocycles. The summed E-state index contributed by atoms with van der Waals surface area (Å²) in [5.74, 6) is 0.152. The first kappa shape index (κ1) is 24.9. The number of hydrogen-bond acceptors (Lipinski definition) is 10. The lowest BCUT2D eigenvalue weighted by Gasteiger charge is -2.27. The number of benzene rings is 2. The molecule has 1 saturated heterocycles. The van der Waals surface area contributed by atoms with Gasteiger partial charge in [-0.1, -0.05) is 6.07 Å². The lowest BCUT2D eigenvalue weighted by atomic mass is 10.2. The lowest BCUT2D eigenvalue weighted by molar-refractivity contribution is 0.122. The van der Waals surface area contributed by atoms with E-state index in [1.54, 1.807) is 18.3 Å². The van der Waals surface area contributed by atoms with Gasteiger partial charge < -0.3 is 25.4 Å². The molecular formula is C27H27FN8O2. The lowest BCUT2D eigenvalue weighted by Crippen LogP contribution is -2.37. The summed E-state index contributed by atoms with van der Waals surface area (Å²) in [5, 5.41) is 20.6. The van der Waals surface area contributed by atoms with E-state index in [0.717, 1.165) is 34.5 Å². The van der Waals surface area contributed by atoms with Crippen LogP contribution in [0, 0.1) is 12.7 Å². The first-order chi connectivity index (χ1) is 18.5. The third-order valence-electron chi connectivity index (χ3n) is 5.69. The molecule has 1 fully saturated rings. The second-order valence-electron chi connectivity index (χ2n) is 8.69. The van der Waals surface area contributed by atoms with Crippen molar-refractivity contribution < 1.29 is 14.2 Å². The number of aryl methyl sites for hydroxylation is 1. The Hall–Kier alpha value is -4.77. The minimum atomic E-state index is -0.484. The van der Waals surface area contributed by atoms with Gasteiger partial charge >= 0.3 is 0 Å². The number of nitrogens with zero attached hydrogens (tertiary/aromatic N) is 5. The summed E-state index contributed by atoms with van der Waals surface area (Å²) in [6.07, 6.45) is 4.36. The Morgan fingerprint density at radius 1 is 0.947 bits per heavy atom. The molecule has 0 radical (unpaired) electrons. The van der Waals surface area contributed by atoms with E-state index in [1.165, 1.54) is 6.21 Å². The highest BCUT2D eigenvalue weighted by atomic mass is 19.1. The van der Waals surface area contributed by atoms with Crippen molar-refractivity contribution in [2.75, 3.05) is 47.3 Å². The number of nitrogens with one attached hydrogen (secondary N) is 3. The second kappa shape index (κ2) is 11.5. The molecule has 4 aromatic rings. The minimum absolute atomic E-state index is 0.191. The van der Waals surface area contributed by atoms with Crippen molar-refractivity contribution in [1.82, 2.24) is 15.0 Å². The van der Waals surface area contributed by atoms with Gasteiger partial charge in [-0.05, 0) is 55.0 Å². The van der Waals surface area contributed by atoms with E-state index in [2.05, 4.69) is 36.1 Å². The molecule has 194 valence electrons. The zero-order valence-corrected chi connectivity index (χ0v) is 20.7. The summed E-state index contributed by atoms with van der Waals surface area (Å²) in [5.41, 5.74) is 7.68. The fourth-order valence-electron chi connectivity index (χ4n) is 3.96. The standard InChI is InChI=1S/C27H27FN8O2/c1-18-11-23(14-24(37)12-18)33-20-4-2-3-19(13-20)32-22-6-5-21(29-15-22)16-31-35-27-30-17-25(28)26(34-27)36-7-9-38-10-8-36/h2-6,11-17,32-33,37H,7-10H2,1H3,(H,30,34,35)/b31-16+. The highest BCUT2D eigenvalue weighted by molar-refractivity contribution is 5.78. The smallest absolute Gasteiger partial charge is 0.245 e. The fourth-order valence-corrected chi connectivity index (χ4v) is 3.96. The van der Waals surface area contributed by atoms with Crippen LogP contribution >= 0.6 is 0 Å². The van der Waals surface area contributed by atoms with Crippen molar-refractivity contribution in [3.8, 4) is 5.75 Å². The Morgan fingerprint density at radius 3 is 2.47 bits per heavy atom. The summed E-state index contributed by atoms with van der Waals surface area (Å²) in [7, 11) is 0. The number of morpholine rings is 1. The molecule has 0 aliphatic carbocycles. The second-order valence-corrected chi connectivity index (χ2v) is 8.69. The number of anilines is 6. The molecule has 0 amide bonds. The van der Waals surface area contributed by atoms with Gasteiger partial charge in [0.15, 0.2) is 11.6 Å². The summed E-state index contributed by atoms with van der Waals surface area (Å²) >= 11 is 0. The van der Waals surface area contributed by atoms with E-state index in [9.17, 15) is 9.50 Å². The van der Waals surface area contributed by atoms with E-state index in [4.69, 9.17) is 4.74 Å². The van der Waals surface area contributed by atoms with Crippen LogP contribution < -0.4 is 21.0 Å². The van der Waals surface area contributed by atoms with Crippen molar-refractivity contribution in [2.45, 2.75) is 6.92 Å². The Labute approximate surface area is 219 Å². The van der Waals surface area contributed by atoms with Gasteiger partial charge in [-0.25, -0.2) is 14.8 Å². The third kappa shape index (κ3) is 6.51. The minimum Gasteiger partial charge on any atom is -0.508 e. The van der Waals surface area contributed by atoms with Crippen molar-refractivity contribution in [3.63, 3.8) is 0 Å². The number of phenolic OH excluding ortho intramolecular Hbond substituents is 1. The predicted molar refractivity (Wildman–Crippen MR) is 146 cm³/mol. The highest BCUT2D eigenvalue weighted by Crippen LogP contribution is 2.26. The van der Waals surface area contributed by atoms with Gasteiger partial charge in [0.05, 0.1) is 43.2 Å². The summed E-state index contributed by atoms with van der Waals surface area (Å²) < 4.78 is 19.5. The SMILES string of the molecule is Cc1cc(O)cc(Nc2cccc(Nc3ccc(/C=N/Nc4ncc(F)c(N5CCOCC5)n4)nc3)c2)c1. The first-order valence-corrected chi connectivity index (χ1v) is 12.1. The normalized spacial score (nSPS) is 13.5. The van der Waals surface area contributed by atoms with Gasteiger partial charge in [0, 0.05) is 36.2 Å². The molecule has 1 aliphatic heterocycles. The Kier molecular flexibility index (Phi) is 7.55. The van der Waals surface area contributed by atoms with Gasteiger partial charge in [-0.3, -0.25) is 4.98 Å². The monoisotopic (exact) mass is 514 g/mol. The quantitative estimate of drug-likeness (QED) is 0.194. The van der Waals surface area contributed by atoms with Crippen LogP contribution in [0.3, 0.4) is 0 Å². The highest BCUT2D eigenvalue weighted by Gasteiger charge is 2.17. The van der Waals surface area contributed by atoms with Gasteiger partial charge in [0.2, 0.25) is 5.95 Å². The number of aromatic hydroxyl groups is 1. The maximum atomic E-state index is 14.2. The molecule has 3 heterocycles. The summed E-state index contributed by atoms with van der Waals surface area (Å²) in [4.78, 5) is 14.4. The van der Waals surface area contributed by atoms with Crippen molar-refractivity contribution in [3.05, 3.63) is 84.1 Å². The van der Waals surface area contributed by atoms with Gasteiger partial charge in [-0.15, -0.1) is 0 Å². The van der Waals surface area contributed by atoms with Gasteiger partial charge in [0.25, 0.3) is 0 Å². The number of hydrazone groups is 1. The van der Waals surface area contributed by atoms with Crippen LogP contribution in [0.25, 0.3) is 0 Å². The Morgan fingerprint density at radius 2 is 1.74 bits per heavy atom. The van der Waals surface area contributed by atoms with Crippen molar-refractivity contribution >= 4 is 40.7 Å². The largest absolute Gasteiger partial charge is 0.508 e. The molecule has 38 heavy (non-hydrogen) atoms. The summed E-state index contributed by atoms with van der Waals surface area (Å²) in [6, 6.07) is 16.8. The van der Waals surface area contributed by atoms with Crippen LogP contribution in [0.1, 0.15) is 11.3 Å². The maximum absolute atomic E-state index is 14.2. The molecule has 0 unspecified atom stereocenters. The zero-order chi connectivity index (χ0) is 26.3. The fraction of sp³-hybridized carbons (Fsp3) is 0.185. The number of rotatable bonds is 8. The molecule has 11 heteroatoms. The third-order valence-corrected chi connectivity index (χ3v) is 5.69. The Bertz CT molecular complexity index is 1410. The molecular weight excluding hydrogens is 487 g/mol. The van der Waals surface area contributed by atoms with Gasteiger partial charge in [0.1, 0.15) is 5.75 Å². The average molecular weight is 515 g/mol. The van der Waals surface area contributed by atoms with Crippen LogP contribution in [0.15, 0.2) is 72.1 Å². The number of phenols is 1. The molecule has 4 N–H and O–H groups in total. The van der Waals surface area contributed by atoms with E-state index >= 15 is 0 Å². The van der Waals surface area contributed by atoms with E-state index < -0.39 is 5.82 Å². The van der Waals surface area contributed by atoms with Gasteiger partial charge in [-0.2, -0.15) is 10.1 Å². The Balaban J connectivity index is 1.18. The number of aromatic nitrogens is 3. The first-order valence-electron chi connectivity index (χ1n) is 12.1. The van der Waals surface area contributed by atoms with Crippen LogP contribution in [0.2, 0.25) is 0 Å². The van der Waals surface area contributed by atoms with Crippen molar-refractivity contribution in [2.24, 2.45) is 5.10 Å². The van der Waals surface area contributed by atoms with E-state index in [1.807, 2.05) is 54.3 Å². The molecule has 0 spiro atoms. The molecule has 10 nitrogen and oxygen atoms in total. The molecule has 1 aliphatic rings. The molecule has 5 rings (SSSR count). The molecule has 2 aromatic carbocycles. The van der Waals surface area contributed by atoms with Crippen LogP contribution in [0.4, 0.5) is 38.9 Å². The number of hydrogen-bond donors (Lipinski definition) is 4. The molecule has 0 atom stereocenters.